The van der Waals surface area contributed by atoms with E-state index in [0.29, 0.717) is 23.8 Å². The molecule has 0 bridgehead atoms. The number of benzene rings is 1. The highest BCUT2D eigenvalue weighted by Crippen LogP contribution is 2.18. The predicted molar refractivity (Wildman–Crippen MR) is 102 cm³/mol. The van der Waals surface area contributed by atoms with E-state index in [0.717, 1.165) is 12.0 Å². The van der Waals surface area contributed by atoms with Crippen LogP contribution in [0.4, 0.5) is 5.69 Å². The van der Waals surface area contributed by atoms with Crippen molar-refractivity contribution in [1.29, 1.82) is 0 Å². The van der Waals surface area contributed by atoms with Crippen molar-refractivity contribution in [2.24, 2.45) is 5.92 Å². The minimum Gasteiger partial charge on any atom is -0.465 e. The lowest BCUT2D eigenvalue weighted by atomic mass is 10.1. The van der Waals surface area contributed by atoms with Gasteiger partial charge in [0.05, 0.1) is 12.7 Å². The fraction of sp³-hybridized carbons (Fsp3) is 0.550. The van der Waals surface area contributed by atoms with Crippen molar-refractivity contribution in [3.05, 3.63) is 29.3 Å². The monoisotopic (exact) mass is 379 g/mol. The summed E-state index contributed by atoms with van der Waals surface area (Å²) in [6, 6.07) is 4.82. The molecule has 27 heavy (non-hydrogen) atoms. The van der Waals surface area contributed by atoms with Gasteiger partial charge in [0.2, 0.25) is 0 Å². The molecule has 0 spiro atoms. The third-order valence-corrected chi connectivity index (χ3v) is 3.97. The lowest BCUT2D eigenvalue weighted by Crippen LogP contribution is -2.34. The third-order valence-electron chi connectivity index (χ3n) is 3.97. The smallest absolute Gasteiger partial charge is 0.337 e. The molecule has 7 nitrogen and oxygen atoms in total. The molecule has 2 atom stereocenters. The lowest BCUT2D eigenvalue weighted by molar-refractivity contribution is -0.163. The van der Waals surface area contributed by atoms with Crippen LogP contribution in [-0.4, -0.2) is 43.8 Å². The molecule has 1 amide bonds. The number of esters is 2. The SMILES string of the molecule is COC(=O)c1ccc(C)c(NC(=O)C(C)OC(=O)C(C)OCCC(C)C)c1. The molecule has 0 saturated carbocycles. The van der Waals surface area contributed by atoms with E-state index < -0.39 is 30.1 Å². The number of anilines is 1. The summed E-state index contributed by atoms with van der Waals surface area (Å²) in [6.45, 7) is 9.45. The number of rotatable bonds is 9. The first-order valence-corrected chi connectivity index (χ1v) is 8.97. The van der Waals surface area contributed by atoms with Crippen molar-refractivity contribution >= 4 is 23.5 Å². The van der Waals surface area contributed by atoms with E-state index in [9.17, 15) is 14.4 Å². The molecule has 1 N–H and O–H groups in total. The average molecular weight is 379 g/mol. The van der Waals surface area contributed by atoms with Gasteiger partial charge < -0.3 is 19.5 Å². The number of carbonyl (C=O) groups excluding carboxylic acids is 3. The van der Waals surface area contributed by atoms with Crippen LogP contribution in [0.2, 0.25) is 0 Å². The maximum Gasteiger partial charge on any atom is 0.337 e. The number of nitrogens with one attached hydrogen (secondary N) is 1. The first kappa shape index (κ1) is 22.6. The standard InChI is InChI=1S/C20H29NO6/c1-12(2)9-10-26-15(5)19(23)27-14(4)18(22)21-17-11-16(20(24)25-6)8-7-13(17)3/h7-8,11-12,14-15H,9-10H2,1-6H3,(H,21,22). The van der Waals surface area contributed by atoms with Gasteiger partial charge in [-0.1, -0.05) is 19.9 Å². The number of aryl methyl sites for hydroxylation is 1. The van der Waals surface area contributed by atoms with Crippen LogP contribution in [-0.2, 0) is 23.8 Å². The Morgan fingerprint density at radius 3 is 2.33 bits per heavy atom. The van der Waals surface area contributed by atoms with Gasteiger partial charge in [-0.3, -0.25) is 4.79 Å². The second-order valence-corrected chi connectivity index (χ2v) is 6.79. The van der Waals surface area contributed by atoms with Crippen LogP contribution in [0.1, 0.15) is 50.0 Å². The molecular formula is C20H29NO6. The van der Waals surface area contributed by atoms with Crippen LogP contribution >= 0.6 is 0 Å². The maximum atomic E-state index is 12.3. The largest absolute Gasteiger partial charge is 0.465 e. The third kappa shape index (κ3) is 7.38. The van der Waals surface area contributed by atoms with Crippen molar-refractivity contribution < 1.29 is 28.6 Å². The van der Waals surface area contributed by atoms with Gasteiger partial charge in [-0.25, -0.2) is 9.59 Å². The molecule has 0 saturated heterocycles. The van der Waals surface area contributed by atoms with Crippen LogP contribution in [0.5, 0.6) is 0 Å². The Bertz CT molecular complexity index is 670. The van der Waals surface area contributed by atoms with E-state index in [2.05, 4.69) is 23.9 Å². The highest BCUT2D eigenvalue weighted by atomic mass is 16.6. The number of carbonyl (C=O) groups is 3. The summed E-state index contributed by atoms with van der Waals surface area (Å²) >= 11 is 0. The Kier molecular flexibility index (Phi) is 8.94. The summed E-state index contributed by atoms with van der Waals surface area (Å²) < 4.78 is 15.3. The van der Waals surface area contributed by atoms with Gasteiger partial charge in [-0.05, 0) is 50.8 Å². The number of hydrogen-bond acceptors (Lipinski definition) is 6. The zero-order valence-corrected chi connectivity index (χ0v) is 16.8. The van der Waals surface area contributed by atoms with E-state index >= 15 is 0 Å². The molecule has 0 radical (unpaired) electrons. The Labute approximate surface area is 160 Å². The van der Waals surface area contributed by atoms with Crippen LogP contribution in [0, 0.1) is 12.8 Å². The Morgan fingerprint density at radius 2 is 1.74 bits per heavy atom. The minimum absolute atomic E-state index is 0.315. The molecule has 0 aliphatic heterocycles. The summed E-state index contributed by atoms with van der Waals surface area (Å²) in [5, 5.41) is 2.67. The van der Waals surface area contributed by atoms with Crippen molar-refractivity contribution in [3.63, 3.8) is 0 Å². The van der Waals surface area contributed by atoms with Gasteiger partial charge >= 0.3 is 11.9 Å². The van der Waals surface area contributed by atoms with Gasteiger partial charge in [0.1, 0.15) is 0 Å². The van der Waals surface area contributed by atoms with E-state index in [-0.39, 0.29) is 0 Å². The highest BCUT2D eigenvalue weighted by Gasteiger charge is 2.23. The molecule has 0 aromatic heterocycles. The summed E-state index contributed by atoms with van der Waals surface area (Å²) in [7, 11) is 1.28. The molecule has 0 fully saturated rings. The van der Waals surface area contributed by atoms with Crippen LogP contribution < -0.4 is 5.32 Å². The van der Waals surface area contributed by atoms with Crippen molar-refractivity contribution in [1.82, 2.24) is 0 Å². The predicted octanol–water partition coefficient (Wildman–Crippen LogP) is 3.10. The summed E-state index contributed by atoms with van der Waals surface area (Å²) in [5.41, 5.74) is 1.53. The number of methoxy groups -OCH3 is 1. The zero-order chi connectivity index (χ0) is 20.6. The first-order valence-electron chi connectivity index (χ1n) is 8.97. The van der Waals surface area contributed by atoms with E-state index in [1.807, 2.05) is 0 Å². The molecule has 0 heterocycles. The quantitative estimate of drug-likeness (QED) is 0.663. The zero-order valence-electron chi connectivity index (χ0n) is 16.8. The minimum atomic E-state index is -1.00. The lowest BCUT2D eigenvalue weighted by Gasteiger charge is -2.18. The maximum absolute atomic E-state index is 12.3. The van der Waals surface area contributed by atoms with E-state index in [1.54, 1.807) is 26.0 Å². The van der Waals surface area contributed by atoms with Gasteiger partial charge in [0.15, 0.2) is 12.2 Å². The molecule has 0 aliphatic rings. The first-order chi connectivity index (χ1) is 12.6. The molecule has 2 unspecified atom stereocenters. The second-order valence-electron chi connectivity index (χ2n) is 6.79. The second kappa shape index (κ2) is 10.7. The van der Waals surface area contributed by atoms with Gasteiger partial charge in [-0.2, -0.15) is 0 Å². The number of hydrogen-bond donors (Lipinski definition) is 1. The molecule has 1 aromatic carbocycles. The molecule has 150 valence electrons. The summed E-state index contributed by atoms with van der Waals surface area (Å²) in [5.74, 6) is -1.12. The Morgan fingerprint density at radius 1 is 1.07 bits per heavy atom. The van der Waals surface area contributed by atoms with Crippen molar-refractivity contribution in [3.8, 4) is 0 Å². The Balaban J connectivity index is 2.64. The number of ether oxygens (including phenoxy) is 3. The average Bonchev–Trinajstić information content (AvgIpc) is 2.62. The van der Waals surface area contributed by atoms with Crippen molar-refractivity contribution in [2.75, 3.05) is 19.0 Å². The molecular weight excluding hydrogens is 350 g/mol. The molecule has 1 aromatic rings. The summed E-state index contributed by atoms with van der Waals surface area (Å²) in [6.07, 6.45) is -0.915. The van der Waals surface area contributed by atoms with E-state index in [1.165, 1.54) is 20.1 Å². The summed E-state index contributed by atoms with van der Waals surface area (Å²) in [4.78, 5) is 36.0. The van der Waals surface area contributed by atoms with Crippen LogP contribution in [0.15, 0.2) is 18.2 Å². The van der Waals surface area contributed by atoms with Crippen molar-refractivity contribution in [2.45, 2.75) is 53.2 Å². The molecule has 7 heteroatoms. The topological polar surface area (TPSA) is 90.9 Å². The van der Waals surface area contributed by atoms with Gasteiger partial charge in [0.25, 0.3) is 5.91 Å². The fourth-order valence-corrected chi connectivity index (χ4v) is 2.11. The van der Waals surface area contributed by atoms with Crippen LogP contribution in [0.3, 0.4) is 0 Å². The van der Waals surface area contributed by atoms with Crippen LogP contribution in [0.25, 0.3) is 0 Å². The fourth-order valence-electron chi connectivity index (χ4n) is 2.11. The highest BCUT2D eigenvalue weighted by molar-refractivity contribution is 5.98. The van der Waals surface area contributed by atoms with E-state index in [4.69, 9.17) is 9.47 Å². The molecule has 0 aliphatic carbocycles. The van der Waals surface area contributed by atoms with Gasteiger partial charge in [0, 0.05) is 12.3 Å². The molecule has 1 rings (SSSR count). The normalized spacial score (nSPS) is 13.0. The van der Waals surface area contributed by atoms with Gasteiger partial charge in [-0.15, -0.1) is 0 Å². The number of amides is 1. The Hall–Kier alpha value is -2.41.